The van der Waals surface area contributed by atoms with Gasteiger partial charge in [0.05, 0.1) is 5.75 Å². The second kappa shape index (κ2) is 9.34. The van der Waals surface area contributed by atoms with E-state index in [0.29, 0.717) is 17.7 Å². The highest BCUT2D eigenvalue weighted by Crippen LogP contribution is 2.27. The topological polar surface area (TPSA) is 71.3 Å². The van der Waals surface area contributed by atoms with Crippen molar-refractivity contribution in [3.05, 3.63) is 59.7 Å². The van der Waals surface area contributed by atoms with E-state index in [9.17, 15) is 4.79 Å². The maximum Gasteiger partial charge on any atom is 0.277 e. The molecule has 0 bridgehead atoms. The van der Waals surface area contributed by atoms with Gasteiger partial charge in [-0.3, -0.25) is 4.79 Å². The summed E-state index contributed by atoms with van der Waals surface area (Å²) in [5, 5.41) is 11.4. The van der Waals surface area contributed by atoms with Gasteiger partial charge in [0, 0.05) is 31.9 Å². The number of carbonyl (C=O) groups excluding carboxylic acids is 1. The van der Waals surface area contributed by atoms with Gasteiger partial charge in [-0.15, -0.1) is 10.2 Å². The first kappa shape index (κ1) is 21.9. The molecular weight excluding hydrogens is 396 g/mol. The van der Waals surface area contributed by atoms with E-state index in [0.717, 1.165) is 16.8 Å². The number of amides is 1. The summed E-state index contributed by atoms with van der Waals surface area (Å²) in [6.45, 7) is 7.01. The first-order valence-corrected chi connectivity index (χ1v) is 10.8. The molecule has 0 saturated heterocycles. The lowest BCUT2D eigenvalue weighted by atomic mass is 9.87. The Bertz CT molecular complexity index is 974. The number of anilines is 1. The fourth-order valence-corrected chi connectivity index (χ4v) is 3.38. The predicted molar refractivity (Wildman–Crippen MR) is 122 cm³/mol. The minimum absolute atomic E-state index is 0.0778. The van der Waals surface area contributed by atoms with E-state index in [4.69, 9.17) is 4.42 Å². The smallest absolute Gasteiger partial charge is 0.277 e. The van der Waals surface area contributed by atoms with Gasteiger partial charge in [0.1, 0.15) is 0 Å². The average molecular weight is 425 g/mol. The monoisotopic (exact) mass is 424 g/mol. The number of aromatic nitrogens is 2. The fourth-order valence-electron chi connectivity index (χ4n) is 2.79. The highest BCUT2D eigenvalue weighted by Gasteiger charge is 2.15. The maximum absolute atomic E-state index is 12.1. The van der Waals surface area contributed by atoms with Gasteiger partial charge in [-0.05, 0) is 40.8 Å². The van der Waals surface area contributed by atoms with Crippen LogP contribution in [0.1, 0.15) is 31.9 Å². The van der Waals surface area contributed by atoms with Crippen molar-refractivity contribution < 1.29 is 9.21 Å². The van der Waals surface area contributed by atoms with Crippen LogP contribution >= 0.6 is 11.8 Å². The van der Waals surface area contributed by atoms with Crippen LogP contribution in [0.4, 0.5) is 5.69 Å². The molecule has 3 rings (SSSR count). The quantitative estimate of drug-likeness (QED) is 0.563. The van der Waals surface area contributed by atoms with Crippen molar-refractivity contribution in [2.75, 3.05) is 24.7 Å². The van der Waals surface area contributed by atoms with Crippen LogP contribution < -0.4 is 10.2 Å². The van der Waals surface area contributed by atoms with Gasteiger partial charge < -0.3 is 14.6 Å². The number of hydrogen-bond acceptors (Lipinski definition) is 6. The van der Waals surface area contributed by atoms with Crippen LogP contribution in [-0.2, 0) is 16.8 Å². The average Bonchev–Trinajstić information content (AvgIpc) is 3.19. The van der Waals surface area contributed by atoms with E-state index in [2.05, 4.69) is 48.4 Å². The molecule has 0 unspecified atom stereocenters. The molecular formula is C23H28N4O2S. The Morgan fingerprint density at radius 2 is 1.70 bits per heavy atom. The summed E-state index contributed by atoms with van der Waals surface area (Å²) in [6, 6.07) is 16.2. The SMILES string of the molecule is CN(C)c1ccc(CNC(=O)CSc2nnc(-c3ccc(C(C)(C)C)cc3)o2)cc1. The number of nitrogens with zero attached hydrogens (tertiary/aromatic N) is 3. The Kier molecular flexibility index (Phi) is 6.82. The largest absolute Gasteiger partial charge is 0.411 e. The van der Waals surface area contributed by atoms with Crippen molar-refractivity contribution in [3.8, 4) is 11.5 Å². The van der Waals surface area contributed by atoms with Crippen LogP contribution in [0.15, 0.2) is 58.2 Å². The fraction of sp³-hybridized carbons (Fsp3) is 0.348. The molecule has 158 valence electrons. The molecule has 1 aromatic heterocycles. The molecule has 0 aliphatic rings. The number of thioether (sulfide) groups is 1. The Hall–Kier alpha value is -2.80. The highest BCUT2D eigenvalue weighted by molar-refractivity contribution is 7.99. The zero-order chi connectivity index (χ0) is 21.7. The van der Waals surface area contributed by atoms with Gasteiger partial charge in [-0.25, -0.2) is 0 Å². The number of rotatable bonds is 7. The lowest BCUT2D eigenvalue weighted by Crippen LogP contribution is -2.24. The normalized spacial score (nSPS) is 11.4. The predicted octanol–water partition coefficient (Wildman–Crippen LogP) is 4.51. The van der Waals surface area contributed by atoms with E-state index in [1.165, 1.54) is 17.3 Å². The summed E-state index contributed by atoms with van der Waals surface area (Å²) in [4.78, 5) is 14.2. The van der Waals surface area contributed by atoms with E-state index >= 15 is 0 Å². The molecule has 7 heteroatoms. The molecule has 0 radical (unpaired) electrons. The van der Waals surface area contributed by atoms with Crippen LogP contribution in [0, 0.1) is 0 Å². The number of nitrogens with one attached hydrogen (secondary N) is 1. The summed E-state index contributed by atoms with van der Waals surface area (Å²) in [6.07, 6.45) is 0. The van der Waals surface area contributed by atoms with Crippen molar-refractivity contribution in [3.63, 3.8) is 0 Å². The van der Waals surface area contributed by atoms with Gasteiger partial charge >= 0.3 is 0 Å². The van der Waals surface area contributed by atoms with Gasteiger partial charge in [0.15, 0.2) is 0 Å². The molecule has 0 aliphatic heterocycles. The number of benzene rings is 2. The highest BCUT2D eigenvalue weighted by atomic mass is 32.2. The van der Waals surface area contributed by atoms with Gasteiger partial charge in [-0.1, -0.05) is 56.8 Å². The summed E-state index contributed by atoms with van der Waals surface area (Å²) in [5.74, 6) is 0.603. The maximum atomic E-state index is 12.1. The number of hydrogen-bond donors (Lipinski definition) is 1. The molecule has 0 spiro atoms. The van der Waals surface area contributed by atoms with E-state index in [-0.39, 0.29) is 17.1 Å². The Balaban J connectivity index is 1.49. The van der Waals surface area contributed by atoms with Gasteiger partial charge in [-0.2, -0.15) is 0 Å². The van der Waals surface area contributed by atoms with Crippen LogP contribution in [0.5, 0.6) is 0 Å². The van der Waals surface area contributed by atoms with Crippen LogP contribution in [-0.4, -0.2) is 36.0 Å². The molecule has 6 nitrogen and oxygen atoms in total. The van der Waals surface area contributed by atoms with Gasteiger partial charge in [0.25, 0.3) is 5.22 Å². The Labute approximate surface area is 182 Å². The minimum Gasteiger partial charge on any atom is -0.411 e. The van der Waals surface area contributed by atoms with Crippen molar-refractivity contribution in [2.24, 2.45) is 0 Å². The lowest BCUT2D eigenvalue weighted by Gasteiger charge is -2.18. The van der Waals surface area contributed by atoms with Crippen LogP contribution in [0.3, 0.4) is 0 Å². The van der Waals surface area contributed by atoms with Crippen molar-refractivity contribution >= 4 is 23.4 Å². The molecule has 3 aromatic rings. The second-order valence-electron chi connectivity index (χ2n) is 8.33. The first-order chi connectivity index (χ1) is 14.2. The molecule has 1 N–H and O–H groups in total. The zero-order valence-electron chi connectivity index (χ0n) is 18.1. The molecule has 0 fully saturated rings. The third-order valence-electron chi connectivity index (χ3n) is 4.67. The first-order valence-electron chi connectivity index (χ1n) is 9.82. The standard InChI is InChI=1S/C23H28N4O2S/c1-23(2,3)18-10-8-17(9-11-18)21-25-26-22(29-21)30-15-20(28)24-14-16-6-12-19(13-7-16)27(4)5/h6-13H,14-15H2,1-5H3,(H,24,28). The summed E-state index contributed by atoms with van der Waals surface area (Å²) in [5.41, 5.74) is 4.39. The third kappa shape index (κ3) is 5.86. The Morgan fingerprint density at radius 3 is 2.30 bits per heavy atom. The molecule has 2 aromatic carbocycles. The zero-order valence-corrected chi connectivity index (χ0v) is 18.9. The van der Waals surface area contributed by atoms with E-state index in [1.54, 1.807) is 0 Å². The van der Waals surface area contributed by atoms with Crippen LogP contribution in [0.25, 0.3) is 11.5 Å². The van der Waals surface area contributed by atoms with Crippen molar-refractivity contribution in [2.45, 2.75) is 38.0 Å². The molecule has 0 atom stereocenters. The van der Waals surface area contributed by atoms with Gasteiger partial charge in [0.2, 0.25) is 11.8 Å². The Morgan fingerprint density at radius 1 is 1.03 bits per heavy atom. The minimum atomic E-state index is -0.0778. The number of carbonyl (C=O) groups is 1. The van der Waals surface area contributed by atoms with Crippen LogP contribution in [0.2, 0.25) is 0 Å². The van der Waals surface area contributed by atoms with Crippen molar-refractivity contribution in [1.82, 2.24) is 15.5 Å². The molecule has 1 amide bonds. The summed E-state index contributed by atoms with van der Waals surface area (Å²) in [7, 11) is 4.00. The van der Waals surface area contributed by atoms with E-state index in [1.807, 2.05) is 55.4 Å². The molecule has 0 saturated carbocycles. The molecule has 0 aliphatic carbocycles. The molecule has 1 heterocycles. The molecule has 30 heavy (non-hydrogen) atoms. The van der Waals surface area contributed by atoms with Crippen molar-refractivity contribution in [1.29, 1.82) is 0 Å². The summed E-state index contributed by atoms with van der Waals surface area (Å²) >= 11 is 1.23. The summed E-state index contributed by atoms with van der Waals surface area (Å²) < 4.78 is 5.70. The van der Waals surface area contributed by atoms with E-state index < -0.39 is 0 Å². The lowest BCUT2D eigenvalue weighted by molar-refractivity contribution is -0.118. The second-order valence-corrected chi connectivity index (χ2v) is 9.25. The third-order valence-corrected chi connectivity index (χ3v) is 5.49.